The van der Waals surface area contributed by atoms with Crippen LogP contribution in [0.25, 0.3) is 5.82 Å². The van der Waals surface area contributed by atoms with Gasteiger partial charge in [0, 0.05) is 38.7 Å². The molecule has 0 amide bonds. The summed E-state index contributed by atoms with van der Waals surface area (Å²) in [6, 6.07) is 9.16. The van der Waals surface area contributed by atoms with Gasteiger partial charge in [-0.25, -0.2) is 9.97 Å². The van der Waals surface area contributed by atoms with Crippen molar-refractivity contribution < 1.29 is 17.9 Å². The molecule has 0 aliphatic carbocycles. The second kappa shape index (κ2) is 9.39. The molecule has 1 fully saturated rings. The lowest BCUT2D eigenvalue weighted by Gasteiger charge is -2.35. The summed E-state index contributed by atoms with van der Waals surface area (Å²) >= 11 is 0. The zero-order valence-corrected chi connectivity index (χ0v) is 17.5. The number of morpholine rings is 1. The van der Waals surface area contributed by atoms with Gasteiger partial charge in [-0.15, -0.1) is 0 Å². The lowest BCUT2D eigenvalue weighted by molar-refractivity contribution is -0.137. The number of nitrogens with one attached hydrogen (secondary N) is 1. The number of hydrogen-bond donors (Lipinski definition) is 1. The molecule has 1 N–H and O–H groups in total. The predicted octanol–water partition coefficient (Wildman–Crippen LogP) is 3.44. The van der Waals surface area contributed by atoms with Crippen molar-refractivity contribution in [2.75, 3.05) is 26.7 Å². The van der Waals surface area contributed by atoms with Crippen LogP contribution in [0.5, 0.6) is 0 Å². The Kier molecular flexibility index (Phi) is 6.40. The Morgan fingerprint density at radius 3 is 2.84 bits per heavy atom. The maximum atomic E-state index is 13.1. The average molecular weight is 444 g/mol. The van der Waals surface area contributed by atoms with E-state index in [1.165, 1.54) is 6.07 Å². The van der Waals surface area contributed by atoms with Crippen molar-refractivity contribution in [2.24, 2.45) is 4.99 Å². The summed E-state index contributed by atoms with van der Waals surface area (Å²) in [6.45, 7) is 1.89. The molecule has 0 saturated carbocycles. The number of aromatic nitrogens is 3. The quantitative estimate of drug-likeness (QED) is 0.493. The molecule has 1 aliphatic rings. The van der Waals surface area contributed by atoms with E-state index in [1.54, 1.807) is 31.8 Å². The first kappa shape index (κ1) is 21.8. The molecule has 32 heavy (non-hydrogen) atoms. The molecule has 3 heterocycles. The molecule has 1 saturated heterocycles. The van der Waals surface area contributed by atoms with Crippen molar-refractivity contribution in [3.63, 3.8) is 0 Å². The summed E-state index contributed by atoms with van der Waals surface area (Å²) in [7, 11) is 1.68. The van der Waals surface area contributed by atoms with Crippen LogP contribution in [0.2, 0.25) is 0 Å². The number of halogens is 3. The van der Waals surface area contributed by atoms with Gasteiger partial charge in [-0.1, -0.05) is 18.2 Å². The minimum atomic E-state index is -4.39. The number of imidazole rings is 1. The van der Waals surface area contributed by atoms with E-state index in [-0.39, 0.29) is 0 Å². The third-order valence-corrected chi connectivity index (χ3v) is 5.19. The number of aliphatic imine (C=N–C) groups is 1. The van der Waals surface area contributed by atoms with Crippen molar-refractivity contribution in [3.05, 3.63) is 78.0 Å². The van der Waals surface area contributed by atoms with Crippen molar-refractivity contribution in [1.29, 1.82) is 0 Å². The Balaban J connectivity index is 1.39. The Morgan fingerprint density at radius 2 is 2.16 bits per heavy atom. The fraction of sp³-hybridized carbons (Fsp3) is 0.318. The van der Waals surface area contributed by atoms with Gasteiger partial charge in [0.05, 0.1) is 18.7 Å². The first-order valence-corrected chi connectivity index (χ1v) is 10.1. The van der Waals surface area contributed by atoms with E-state index in [0.29, 0.717) is 37.8 Å². The highest BCUT2D eigenvalue weighted by Gasteiger charge is 2.32. The SMILES string of the molecule is CN=C(NCc1ccc(-n2ccnc2)nc1)N1CCOC(c2cccc(C(F)(F)F)c2)C1. The summed E-state index contributed by atoms with van der Waals surface area (Å²) in [5, 5.41) is 3.30. The van der Waals surface area contributed by atoms with E-state index in [9.17, 15) is 13.2 Å². The van der Waals surface area contributed by atoms with Gasteiger partial charge < -0.3 is 15.0 Å². The van der Waals surface area contributed by atoms with E-state index >= 15 is 0 Å². The highest BCUT2D eigenvalue weighted by molar-refractivity contribution is 5.80. The van der Waals surface area contributed by atoms with E-state index in [4.69, 9.17) is 4.74 Å². The maximum absolute atomic E-state index is 13.1. The molecule has 2 aromatic heterocycles. The van der Waals surface area contributed by atoms with Gasteiger partial charge >= 0.3 is 6.18 Å². The highest BCUT2D eigenvalue weighted by Crippen LogP contribution is 2.32. The molecule has 0 bridgehead atoms. The number of benzene rings is 1. The van der Waals surface area contributed by atoms with Gasteiger partial charge in [0.1, 0.15) is 18.2 Å². The molecule has 1 unspecified atom stereocenters. The molecule has 1 aromatic carbocycles. The smallest absolute Gasteiger partial charge is 0.370 e. The topological polar surface area (TPSA) is 67.6 Å². The van der Waals surface area contributed by atoms with Gasteiger partial charge in [0.25, 0.3) is 0 Å². The van der Waals surface area contributed by atoms with E-state index in [0.717, 1.165) is 23.5 Å². The third kappa shape index (κ3) is 5.08. The van der Waals surface area contributed by atoms with Gasteiger partial charge in [0.2, 0.25) is 0 Å². The fourth-order valence-corrected chi connectivity index (χ4v) is 3.54. The standard InChI is InChI=1S/C22H23F3N6O/c1-26-21(29-13-16-5-6-20(28-12-16)31-8-7-27-15-31)30-9-10-32-19(14-30)17-3-2-4-18(11-17)22(23,24)25/h2-8,11-12,15,19H,9-10,13-14H2,1H3,(H,26,29). The van der Waals surface area contributed by atoms with Crippen LogP contribution < -0.4 is 5.32 Å². The molecule has 3 aromatic rings. The Labute approximate surface area is 183 Å². The number of rotatable bonds is 4. The molecular formula is C22H23F3N6O. The van der Waals surface area contributed by atoms with Crippen molar-refractivity contribution in [1.82, 2.24) is 24.8 Å². The number of hydrogen-bond acceptors (Lipinski definition) is 4. The maximum Gasteiger partial charge on any atom is 0.416 e. The lowest BCUT2D eigenvalue weighted by Crippen LogP contribution is -2.48. The second-order valence-electron chi connectivity index (χ2n) is 7.32. The fourth-order valence-electron chi connectivity index (χ4n) is 3.54. The molecule has 10 heteroatoms. The van der Waals surface area contributed by atoms with Gasteiger partial charge in [-0.05, 0) is 29.3 Å². The predicted molar refractivity (Wildman–Crippen MR) is 113 cm³/mol. The number of pyridine rings is 1. The lowest BCUT2D eigenvalue weighted by atomic mass is 10.0. The summed E-state index contributed by atoms with van der Waals surface area (Å²) in [5.74, 6) is 1.43. The van der Waals surface area contributed by atoms with Crippen LogP contribution in [-0.4, -0.2) is 52.1 Å². The normalized spacial score (nSPS) is 17.4. The molecule has 168 valence electrons. The summed E-state index contributed by atoms with van der Waals surface area (Å²) in [4.78, 5) is 14.8. The first-order valence-electron chi connectivity index (χ1n) is 10.1. The number of nitrogens with zero attached hydrogens (tertiary/aromatic N) is 5. The molecular weight excluding hydrogens is 421 g/mol. The van der Waals surface area contributed by atoms with Crippen LogP contribution in [-0.2, 0) is 17.5 Å². The van der Waals surface area contributed by atoms with Crippen LogP contribution in [0.4, 0.5) is 13.2 Å². The summed E-state index contributed by atoms with van der Waals surface area (Å²) in [6.07, 6.45) is 2.11. The molecule has 4 rings (SSSR count). The van der Waals surface area contributed by atoms with Crippen LogP contribution >= 0.6 is 0 Å². The Hall–Kier alpha value is -3.40. The van der Waals surface area contributed by atoms with Gasteiger partial charge in [-0.3, -0.25) is 9.56 Å². The zero-order chi connectivity index (χ0) is 22.6. The third-order valence-electron chi connectivity index (χ3n) is 5.19. The second-order valence-corrected chi connectivity index (χ2v) is 7.32. The van der Waals surface area contributed by atoms with Gasteiger partial charge in [0.15, 0.2) is 5.96 Å². The average Bonchev–Trinajstić information content (AvgIpc) is 3.35. The molecule has 7 nitrogen and oxygen atoms in total. The Morgan fingerprint density at radius 1 is 1.28 bits per heavy atom. The van der Waals surface area contributed by atoms with Crippen molar-refractivity contribution in [3.8, 4) is 5.82 Å². The van der Waals surface area contributed by atoms with Crippen LogP contribution in [0.15, 0.2) is 66.3 Å². The minimum absolute atomic E-state index is 0.392. The van der Waals surface area contributed by atoms with Gasteiger partial charge in [-0.2, -0.15) is 13.2 Å². The zero-order valence-electron chi connectivity index (χ0n) is 17.5. The highest BCUT2D eigenvalue weighted by atomic mass is 19.4. The number of ether oxygens (including phenoxy) is 1. The summed E-state index contributed by atoms with van der Waals surface area (Å²) in [5.41, 5.74) is 0.793. The molecule has 0 spiro atoms. The summed E-state index contributed by atoms with van der Waals surface area (Å²) < 4.78 is 46.8. The Bertz CT molecular complexity index is 1050. The van der Waals surface area contributed by atoms with E-state index in [1.807, 2.05) is 27.8 Å². The number of alkyl halides is 3. The van der Waals surface area contributed by atoms with Crippen molar-refractivity contribution in [2.45, 2.75) is 18.8 Å². The number of guanidine groups is 1. The van der Waals surface area contributed by atoms with Crippen molar-refractivity contribution >= 4 is 5.96 Å². The van der Waals surface area contributed by atoms with Crippen LogP contribution in [0, 0.1) is 0 Å². The van der Waals surface area contributed by atoms with E-state index < -0.39 is 17.8 Å². The van der Waals surface area contributed by atoms with E-state index in [2.05, 4.69) is 20.3 Å². The van der Waals surface area contributed by atoms with Crippen LogP contribution in [0.3, 0.4) is 0 Å². The van der Waals surface area contributed by atoms with Crippen LogP contribution in [0.1, 0.15) is 22.8 Å². The minimum Gasteiger partial charge on any atom is -0.370 e. The molecule has 0 radical (unpaired) electrons. The molecule has 1 aliphatic heterocycles. The monoisotopic (exact) mass is 444 g/mol. The molecule has 1 atom stereocenters. The first-order chi connectivity index (χ1) is 15.4. The largest absolute Gasteiger partial charge is 0.416 e.